The van der Waals surface area contributed by atoms with E-state index in [0.717, 1.165) is 31.2 Å². The Hall–Kier alpha value is -3.53. The summed E-state index contributed by atoms with van der Waals surface area (Å²) < 4.78 is 11.8. The normalized spacial score (nSPS) is 29.1. The van der Waals surface area contributed by atoms with Gasteiger partial charge < -0.3 is 25.0 Å². The number of aromatic nitrogens is 2. The highest BCUT2D eigenvalue weighted by Gasteiger charge is 2.62. The summed E-state index contributed by atoms with van der Waals surface area (Å²) in [7, 11) is 0. The number of fused-ring (bicyclic) bond motifs is 3. The van der Waals surface area contributed by atoms with E-state index in [1.165, 1.54) is 0 Å². The largest absolute Gasteiger partial charge is 0.471 e. The summed E-state index contributed by atoms with van der Waals surface area (Å²) in [4.78, 5) is 52.3. The minimum atomic E-state index is -1.11. The highest BCUT2D eigenvalue weighted by Crippen LogP contribution is 2.46. The van der Waals surface area contributed by atoms with Crippen LogP contribution in [0.5, 0.6) is 5.88 Å². The van der Waals surface area contributed by atoms with E-state index in [-0.39, 0.29) is 42.8 Å². The van der Waals surface area contributed by atoms with Crippen LogP contribution in [0.1, 0.15) is 78.3 Å². The molecule has 1 aromatic heterocycles. The monoisotopic (exact) mass is 591 g/mol. The first kappa shape index (κ1) is 30.9. The Bertz CT molecular complexity index is 1390. The van der Waals surface area contributed by atoms with Gasteiger partial charge in [0, 0.05) is 17.9 Å². The van der Waals surface area contributed by atoms with E-state index in [2.05, 4.69) is 26.7 Å². The third-order valence-electron chi connectivity index (χ3n) is 8.47. The zero-order valence-electron chi connectivity index (χ0n) is 26.0. The van der Waals surface area contributed by atoms with Gasteiger partial charge in [0.1, 0.15) is 23.4 Å². The number of para-hydroxylation sites is 2. The van der Waals surface area contributed by atoms with Crippen molar-refractivity contribution in [3.05, 3.63) is 42.1 Å². The van der Waals surface area contributed by atoms with E-state index < -0.39 is 29.7 Å². The van der Waals surface area contributed by atoms with Crippen molar-refractivity contribution in [1.29, 1.82) is 0 Å². The van der Waals surface area contributed by atoms with E-state index in [1.807, 2.05) is 58.0 Å². The summed E-state index contributed by atoms with van der Waals surface area (Å²) in [5, 5.41) is 6.54. The molecule has 1 aromatic carbocycles. The molecule has 5 atom stereocenters. The van der Waals surface area contributed by atoms with Gasteiger partial charge in [-0.05, 0) is 72.4 Å². The molecule has 5 rings (SSSR count). The number of nitrogens with one attached hydrogen (secondary N) is 2. The molecule has 2 unspecified atom stereocenters. The van der Waals surface area contributed by atoms with Gasteiger partial charge in [0.2, 0.25) is 17.7 Å². The molecule has 10 heteroatoms. The number of esters is 1. The number of amides is 2. The number of allylic oxidation sites excluding steroid dienone is 1. The van der Waals surface area contributed by atoms with Crippen LogP contribution in [0.4, 0.5) is 0 Å². The summed E-state index contributed by atoms with van der Waals surface area (Å²) in [5.74, 6) is -0.675. The van der Waals surface area contributed by atoms with Gasteiger partial charge in [-0.2, -0.15) is 0 Å². The topological polar surface area (TPSA) is 123 Å². The van der Waals surface area contributed by atoms with Gasteiger partial charge in [0.05, 0.1) is 30.2 Å². The summed E-state index contributed by atoms with van der Waals surface area (Å²) in [6.45, 7) is 10.2. The zero-order valence-corrected chi connectivity index (χ0v) is 26.0. The number of hydrogen-bond donors (Lipinski definition) is 2. The zero-order chi connectivity index (χ0) is 30.8. The van der Waals surface area contributed by atoms with Crippen LogP contribution in [0.15, 0.2) is 36.4 Å². The fraction of sp³-hybridized carbons (Fsp3) is 0.606. The second-order valence-electron chi connectivity index (χ2n) is 13.1. The number of ether oxygens (including phenoxy) is 2. The lowest BCUT2D eigenvalue weighted by atomic mass is 10.0. The number of carbonyl (C=O) groups is 3. The molecule has 3 heterocycles. The fourth-order valence-electron chi connectivity index (χ4n) is 6.26. The van der Waals surface area contributed by atoms with Gasteiger partial charge >= 0.3 is 5.97 Å². The number of aryl methyl sites for hydroxylation is 1. The van der Waals surface area contributed by atoms with E-state index >= 15 is 0 Å². The first-order chi connectivity index (χ1) is 20.5. The smallest absolute Gasteiger partial charge is 0.332 e. The molecule has 232 valence electrons. The molecule has 0 bridgehead atoms. The van der Waals surface area contributed by atoms with Gasteiger partial charge in [-0.15, -0.1) is 0 Å². The van der Waals surface area contributed by atoms with E-state index in [0.29, 0.717) is 29.9 Å². The van der Waals surface area contributed by atoms with Crippen LogP contribution in [-0.4, -0.2) is 75.1 Å². The Morgan fingerprint density at radius 2 is 1.88 bits per heavy atom. The van der Waals surface area contributed by atoms with Crippen LogP contribution < -0.4 is 15.4 Å². The van der Waals surface area contributed by atoms with E-state index in [1.54, 1.807) is 11.8 Å². The van der Waals surface area contributed by atoms with Gasteiger partial charge in [0.15, 0.2) is 0 Å². The summed E-state index contributed by atoms with van der Waals surface area (Å²) >= 11 is 0. The van der Waals surface area contributed by atoms with Crippen molar-refractivity contribution in [3.8, 4) is 5.88 Å². The first-order valence-corrected chi connectivity index (χ1v) is 15.6. The molecular formula is C33H45N5O5. The maximum Gasteiger partial charge on any atom is 0.332 e. The SMILES string of the molecule is CCOC(=O)C12C[C@H]1/C=C\CCCCC[C@H](NC(C)(C)C)C(=O)N1CC(Oc3nc4ccccc4nc3C)C[C@H]1C(=O)N2. The van der Waals surface area contributed by atoms with Crippen molar-refractivity contribution in [1.82, 2.24) is 25.5 Å². The minimum absolute atomic E-state index is 0.131. The summed E-state index contributed by atoms with van der Waals surface area (Å²) in [6, 6.07) is 6.32. The molecule has 2 fully saturated rings. The van der Waals surface area contributed by atoms with Crippen molar-refractivity contribution in [2.45, 2.75) is 109 Å². The molecule has 0 spiro atoms. The Balaban J connectivity index is 1.45. The molecule has 2 aliphatic heterocycles. The minimum Gasteiger partial charge on any atom is -0.471 e. The highest BCUT2D eigenvalue weighted by atomic mass is 16.5. The number of benzene rings is 1. The molecule has 3 aliphatic rings. The first-order valence-electron chi connectivity index (χ1n) is 15.6. The lowest BCUT2D eigenvalue weighted by molar-refractivity contribution is -0.150. The molecule has 1 aliphatic carbocycles. The van der Waals surface area contributed by atoms with E-state index in [9.17, 15) is 14.4 Å². The van der Waals surface area contributed by atoms with Crippen LogP contribution in [0.25, 0.3) is 11.0 Å². The average molecular weight is 592 g/mol. The fourth-order valence-corrected chi connectivity index (χ4v) is 6.26. The Labute approximate surface area is 254 Å². The summed E-state index contributed by atoms with van der Waals surface area (Å²) in [5.41, 5.74) is 0.714. The lowest BCUT2D eigenvalue weighted by Crippen LogP contribution is -2.57. The van der Waals surface area contributed by atoms with Crippen LogP contribution in [0.2, 0.25) is 0 Å². The Kier molecular flexibility index (Phi) is 9.06. The third-order valence-corrected chi connectivity index (χ3v) is 8.47. The van der Waals surface area contributed by atoms with E-state index in [4.69, 9.17) is 9.47 Å². The average Bonchev–Trinajstić information content (AvgIpc) is 3.48. The molecule has 2 aromatic rings. The maximum absolute atomic E-state index is 14.2. The quantitative estimate of drug-likeness (QED) is 0.395. The van der Waals surface area contributed by atoms with Crippen molar-refractivity contribution in [2.75, 3.05) is 13.2 Å². The second kappa shape index (κ2) is 12.6. The van der Waals surface area contributed by atoms with Crippen LogP contribution in [-0.2, 0) is 19.1 Å². The number of hydrogen-bond acceptors (Lipinski definition) is 8. The van der Waals surface area contributed by atoms with Crippen molar-refractivity contribution in [2.24, 2.45) is 5.92 Å². The van der Waals surface area contributed by atoms with Crippen molar-refractivity contribution < 1.29 is 23.9 Å². The molecule has 1 saturated heterocycles. The lowest BCUT2D eigenvalue weighted by Gasteiger charge is -2.33. The molecule has 2 N–H and O–H groups in total. The molecule has 1 saturated carbocycles. The van der Waals surface area contributed by atoms with Gasteiger partial charge in [0.25, 0.3) is 0 Å². The number of nitrogens with zero attached hydrogens (tertiary/aromatic N) is 3. The summed E-state index contributed by atoms with van der Waals surface area (Å²) in [6.07, 6.45) is 8.84. The van der Waals surface area contributed by atoms with Gasteiger partial charge in [-0.1, -0.05) is 37.1 Å². The number of rotatable bonds is 5. The molecular weight excluding hydrogens is 546 g/mol. The highest BCUT2D eigenvalue weighted by molar-refractivity contribution is 5.96. The number of carbonyl (C=O) groups excluding carboxylic acids is 3. The molecule has 0 radical (unpaired) electrons. The van der Waals surface area contributed by atoms with Crippen molar-refractivity contribution >= 4 is 28.8 Å². The third kappa shape index (κ3) is 7.00. The second-order valence-corrected chi connectivity index (χ2v) is 13.1. The predicted molar refractivity (Wildman–Crippen MR) is 163 cm³/mol. The molecule has 2 amide bonds. The van der Waals surface area contributed by atoms with Crippen LogP contribution >= 0.6 is 0 Å². The molecule has 43 heavy (non-hydrogen) atoms. The van der Waals surface area contributed by atoms with Gasteiger partial charge in [-0.3, -0.25) is 9.59 Å². The standard InChI is InChI=1S/C33H45N5O5/c1-6-42-31(41)33-19-22(33)14-10-8-7-9-11-17-26(36-32(3,4)5)30(40)38-20-23(18-27(38)28(39)37-33)43-29-21(2)34-24-15-12-13-16-25(24)35-29/h10,12-16,22-23,26-27,36H,6-9,11,17-20H2,1-5H3,(H,37,39)/b14-10-/t22-,23?,26+,27+,33?/m1/s1. The molecule has 10 nitrogen and oxygen atoms in total. The van der Waals surface area contributed by atoms with Crippen LogP contribution in [0, 0.1) is 12.8 Å². The Morgan fingerprint density at radius 3 is 2.60 bits per heavy atom. The predicted octanol–water partition coefficient (Wildman–Crippen LogP) is 4.00. The van der Waals surface area contributed by atoms with Crippen LogP contribution in [0.3, 0.4) is 0 Å². The van der Waals surface area contributed by atoms with Gasteiger partial charge in [-0.25, -0.2) is 14.8 Å². The maximum atomic E-state index is 14.2. The van der Waals surface area contributed by atoms with Crippen molar-refractivity contribution in [3.63, 3.8) is 0 Å². The Morgan fingerprint density at radius 1 is 1.14 bits per heavy atom.